The van der Waals surface area contributed by atoms with Gasteiger partial charge in [-0.1, -0.05) is 41.4 Å². The van der Waals surface area contributed by atoms with Crippen LogP contribution in [0.4, 0.5) is 14.6 Å². The molecule has 3 rings (SSSR count). The zero-order chi connectivity index (χ0) is 20.3. The van der Waals surface area contributed by atoms with E-state index in [9.17, 15) is 13.6 Å². The van der Waals surface area contributed by atoms with Crippen molar-refractivity contribution in [1.29, 1.82) is 0 Å². The Balaban J connectivity index is 1.80. The summed E-state index contributed by atoms with van der Waals surface area (Å²) in [4.78, 5) is 12.5. The molecule has 0 saturated heterocycles. The highest BCUT2D eigenvalue weighted by atomic mass is 35.5. The summed E-state index contributed by atoms with van der Waals surface area (Å²) in [6, 6.07) is 12.6. The molecule has 0 aliphatic carbocycles. The van der Waals surface area contributed by atoms with Gasteiger partial charge in [-0.2, -0.15) is 13.9 Å². The summed E-state index contributed by atoms with van der Waals surface area (Å²) in [7, 11) is 0. The molecular weight excluding hydrogens is 411 g/mol. The third-order valence-corrected chi connectivity index (χ3v) is 4.65. The van der Waals surface area contributed by atoms with Crippen molar-refractivity contribution >= 4 is 34.9 Å². The molecule has 1 heterocycles. The van der Waals surface area contributed by atoms with Crippen LogP contribution in [0.25, 0.3) is 0 Å². The smallest absolute Gasteiger partial charge is 0.387 e. The van der Waals surface area contributed by atoms with Gasteiger partial charge in [-0.05, 0) is 31.2 Å². The summed E-state index contributed by atoms with van der Waals surface area (Å²) in [5, 5.41) is 7.92. The van der Waals surface area contributed by atoms with Gasteiger partial charge >= 0.3 is 6.61 Å². The number of hydrogen-bond acceptors (Lipinski definition) is 3. The summed E-state index contributed by atoms with van der Waals surface area (Å²) in [6.45, 7) is -0.914. The van der Waals surface area contributed by atoms with E-state index < -0.39 is 12.5 Å². The summed E-state index contributed by atoms with van der Waals surface area (Å²) < 4.78 is 31.1. The van der Waals surface area contributed by atoms with Crippen LogP contribution in [0.3, 0.4) is 0 Å². The minimum atomic E-state index is -3.03. The molecular formula is C19H15Cl2F2N3O2. The SMILES string of the molecule is Cc1cc(NC(=O)c2ccccc2OC(F)F)nn1Cc1c(Cl)cccc1Cl. The summed E-state index contributed by atoms with van der Waals surface area (Å²) in [5.74, 6) is -0.566. The second-order valence-electron chi connectivity index (χ2n) is 5.86. The maximum absolute atomic E-state index is 12.5. The Bertz CT molecular complexity index is 988. The molecule has 1 N–H and O–H groups in total. The number of anilines is 1. The summed E-state index contributed by atoms with van der Waals surface area (Å²) >= 11 is 12.4. The van der Waals surface area contributed by atoms with Crippen molar-refractivity contribution in [3.8, 4) is 5.75 Å². The number of carbonyl (C=O) groups is 1. The molecule has 0 bridgehead atoms. The zero-order valence-electron chi connectivity index (χ0n) is 14.6. The first-order chi connectivity index (χ1) is 13.3. The van der Waals surface area contributed by atoms with E-state index in [0.717, 1.165) is 5.69 Å². The van der Waals surface area contributed by atoms with E-state index >= 15 is 0 Å². The number of rotatable bonds is 6. The quantitative estimate of drug-likeness (QED) is 0.574. The van der Waals surface area contributed by atoms with Crippen LogP contribution in [0, 0.1) is 6.92 Å². The lowest BCUT2D eigenvalue weighted by Gasteiger charge is -2.10. The number of nitrogens with zero attached hydrogens (tertiary/aromatic N) is 2. The molecule has 0 unspecified atom stereocenters. The average molecular weight is 426 g/mol. The number of amides is 1. The molecule has 3 aromatic rings. The van der Waals surface area contributed by atoms with Crippen molar-refractivity contribution in [3.63, 3.8) is 0 Å². The Hall–Kier alpha value is -2.64. The largest absolute Gasteiger partial charge is 0.434 e. The van der Waals surface area contributed by atoms with Gasteiger partial charge in [-0.15, -0.1) is 0 Å². The number of benzene rings is 2. The van der Waals surface area contributed by atoms with Crippen molar-refractivity contribution in [2.24, 2.45) is 0 Å². The van der Waals surface area contributed by atoms with Crippen LogP contribution in [0.15, 0.2) is 48.5 Å². The lowest BCUT2D eigenvalue weighted by molar-refractivity contribution is -0.0501. The van der Waals surface area contributed by atoms with Crippen molar-refractivity contribution in [2.75, 3.05) is 5.32 Å². The first-order valence-electron chi connectivity index (χ1n) is 8.17. The Morgan fingerprint density at radius 3 is 2.54 bits per heavy atom. The molecule has 0 radical (unpaired) electrons. The first-order valence-corrected chi connectivity index (χ1v) is 8.93. The predicted molar refractivity (Wildman–Crippen MR) is 104 cm³/mol. The van der Waals surface area contributed by atoms with Crippen molar-refractivity contribution in [3.05, 3.63) is 75.4 Å². The lowest BCUT2D eigenvalue weighted by atomic mass is 10.2. The molecule has 1 amide bonds. The van der Waals surface area contributed by atoms with E-state index in [1.165, 1.54) is 18.2 Å². The van der Waals surface area contributed by atoms with Gasteiger partial charge in [-0.3, -0.25) is 9.48 Å². The minimum absolute atomic E-state index is 0.0239. The van der Waals surface area contributed by atoms with E-state index in [-0.39, 0.29) is 17.1 Å². The molecule has 0 aliphatic rings. The van der Waals surface area contributed by atoms with Gasteiger partial charge in [0.15, 0.2) is 5.82 Å². The predicted octanol–water partition coefficient (Wildman–Crippen LogP) is 5.40. The Morgan fingerprint density at radius 1 is 1.18 bits per heavy atom. The topological polar surface area (TPSA) is 56.1 Å². The number of hydrogen-bond donors (Lipinski definition) is 1. The number of nitrogens with one attached hydrogen (secondary N) is 1. The first kappa shape index (κ1) is 20.1. The fourth-order valence-electron chi connectivity index (χ4n) is 2.60. The normalized spacial score (nSPS) is 10.9. The van der Waals surface area contributed by atoms with Crippen LogP contribution in [0.1, 0.15) is 21.6 Å². The van der Waals surface area contributed by atoms with Crippen LogP contribution in [-0.2, 0) is 6.54 Å². The standard InChI is InChI=1S/C19H15Cl2F2N3O2/c1-11-9-17(25-26(11)10-13-14(20)6-4-7-15(13)21)24-18(27)12-5-2-3-8-16(12)28-19(22)23/h2-9,19H,10H2,1H3,(H,24,25,27). The van der Waals surface area contributed by atoms with Gasteiger partial charge < -0.3 is 10.1 Å². The minimum Gasteiger partial charge on any atom is -0.434 e. The highest BCUT2D eigenvalue weighted by molar-refractivity contribution is 6.35. The lowest BCUT2D eigenvalue weighted by Crippen LogP contribution is -2.15. The third kappa shape index (κ3) is 4.61. The maximum atomic E-state index is 12.5. The number of ether oxygens (including phenoxy) is 1. The van der Waals surface area contributed by atoms with Gasteiger partial charge in [0.2, 0.25) is 0 Å². The molecule has 0 fully saturated rings. The molecule has 28 heavy (non-hydrogen) atoms. The number of halogens is 4. The molecule has 0 saturated carbocycles. The van der Waals surface area contributed by atoms with Crippen LogP contribution in [-0.4, -0.2) is 22.3 Å². The molecule has 2 aromatic carbocycles. The van der Waals surface area contributed by atoms with Gasteiger partial charge in [-0.25, -0.2) is 0 Å². The van der Waals surface area contributed by atoms with Crippen LogP contribution in [0.2, 0.25) is 10.0 Å². The fraction of sp³-hybridized carbons (Fsp3) is 0.158. The third-order valence-electron chi connectivity index (χ3n) is 3.94. The number of alkyl halides is 2. The number of aryl methyl sites for hydroxylation is 1. The second-order valence-corrected chi connectivity index (χ2v) is 6.67. The number of aromatic nitrogens is 2. The molecule has 5 nitrogen and oxygen atoms in total. The molecule has 1 aromatic heterocycles. The van der Waals surface area contributed by atoms with Gasteiger partial charge in [0.25, 0.3) is 5.91 Å². The van der Waals surface area contributed by atoms with E-state index in [4.69, 9.17) is 23.2 Å². The summed E-state index contributed by atoms with van der Waals surface area (Å²) in [5.41, 5.74) is 1.43. The van der Waals surface area contributed by atoms with E-state index in [0.29, 0.717) is 22.2 Å². The Morgan fingerprint density at radius 2 is 1.86 bits per heavy atom. The zero-order valence-corrected chi connectivity index (χ0v) is 16.1. The fourth-order valence-corrected chi connectivity index (χ4v) is 3.12. The maximum Gasteiger partial charge on any atom is 0.387 e. The second kappa shape index (κ2) is 8.58. The Kier molecular flexibility index (Phi) is 6.16. The van der Waals surface area contributed by atoms with E-state index in [1.54, 1.807) is 41.9 Å². The van der Waals surface area contributed by atoms with Crippen molar-refractivity contribution in [2.45, 2.75) is 20.1 Å². The van der Waals surface area contributed by atoms with Crippen LogP contribution in [0.5, 0.6) is 5.75 Å². The van der Waals surface area contributed by atoms with Gasteiger partial charge in [0, 0.05) is 27.4 Å². The van der Waals surface area contributed by atoms with Crippen LogP contribution >= 0.6 is 23.2 Å². The molecule has 146 valence electrons. The average Bonchev–Trinajstić information content (AvgIpc) is 2.97. The highest BCUT2D eigenvalue weighted by Gasteiger charge is 2.17. The number of para-hydroxylation sites is 1. The molecule has 9 heteroatoms. The molecule has 0 aliphatic heterocycles. The van der Waals surface area contributed by atoms with E-state index in [2.05, 4.69) is 15.2 Å². The molecule has 0 spiro atoms. The van der Waals surface area contributed by atoms with Crippen molar-refractivity contribution in [1.82, 2.24) is 9.78 Å². The van der Waals surface area contributed by atoms with Gasteiger partial charge in [0.05, 0.1) is 12.1 Å². The number of carbonyl (C=O) groups excluding carboxylic acids is 1. The highest BCUT2D eigenvalue weighted by Crippen LogP contribution is 2.26. The Labute approximate surface area is 169 Å². The van der Waals surface area contributed by atoms with Crippen LogP contribution < -0.4 is 10.1 Å². The monoisotopic (exact) mass is 425 g/mol. The van der Waals surface area contributed by atoms with E-state index in [1.807, 2.05) is 0 Å². The van der Waals surface area contributed by atoms with Gasteiger partial charge in [0.1, 0.15) is 5.75 Å². The molecule has 0 atom stereocenters. The van der Waals surface area contributed by atoms with Crippen molar-refractivity contribution < 1.29 is 18.3 Å². The summed E-state index contributed by atoms with van der Waals surface area (Å²) in [6.07, 6.45) is 0.